The molecule has 0 fully saturated rings. The summed E-state index contributed by atoms with van der Waals surface area (Å²) in [5, 5.41) is 4.24. The number of imide groups is 1. The second-order valence-electron chi connectivity index (χ2n) is 3.19. The highest BCUT2D eigenvalue weighted by Crippen LogP contribution is 2.25. The average molecular weight is 340 g/mol. The molecule has 0 saturated carbocycles. The van der Waals surface area contributed by atoms with E-state index in [1.807, 2.05) is 0 Å². The Morgan fingerprint density at radius 3 is 2.59 bits per heavy atom. The summed E-state index contributed by atoms with van der Waals surface area (Å²) in [7, 11) is 0. The smallest absolute Gasteiger partial charge is 0.308 e. The second-order valence-corrected chi connectivity index (χ2v) is 5.10. The Morgan fingerprint density at radius 1 is 1.41 bits per heavy atom. The number of hydrogen-bond acceptors (Lipinski definition) is 2. The van der Waals surface area contributed by atoms with Crippen molar-refractivity contribution in [3.63, 3.8) is 0 Å². The molecule has 3 amide bonds. The number of anilines is 1. The van der Waals surface area contributed by atoms with Crippen LogP contribution in [0.15, 0.2) is 22.7 Å². The fraction of sp³-hybridized carbons (Fsp3) is 0.200. The van der Waals surface area contributed by atoms with Crippen LogP contribution in [0.25, 0.3) is 0 Å². The lowest BCUT2D eigenvalue weighted by Gasteiger charge is -2.08. The van der Waals surface area contributed by atoms with Crippen molar-refractivity contribution in [3.05, 3.63) is 27.7 Å². The Morgan fingerprint density at radius 2 is 2.06 bits per heavy atom. The number of carbonyl (C=O) groups excluding carboxylic acids is 2. The second kappa shape index (κ2) is 6.23. The lowest BCUT2D eigenvalue weighted by atomic mass is 10.3. The molecule has 0 radical (unpaired) electrons. The van der Waals surface area contributed by atoms with E-state index < -0.39 is 17.3 Å². The lowest BCUT2D eigenvalue weighted by molar-refractivity contribution is -0.119. The monoisotopic (exact) mass is 338 g/mol. The molecule has 92 valence electrons. The van der Waals surface area contributed by atoms with Gasteiger partial charge in [-0.3, -0.25) is 10.1 Å². The quantitative estimate of drug-likeness (QED) is 0.811. The van der Waals surface area contributed by atoms with Gasteiger partial charge in [0.1, 0.15) is 5.38 Å². The summed E-state index contributed by atoms with van der Waals surface area (Å²) in [6.07, 6.45) is 0. The van der Waals surface area contributed by atoms with Gasteiger partial charge in [-0.15, -0.1) is 11.6 Å². The number of nitrogens with one attached hydrogen (secondary N) is 2. The fourth-order valence-electron chi connectivity index (χ4n) is 0.948. The number of carbonyl (C=O) groups is 2. The van der Waals surface area contributed by atoms with Gasteiger partial charge in [0, 0.05) is 10.2 Å². The first-order valence-electron chi connectivity index (χ1n) is 4.61. The Labute approximate surface area is 117 Å². The molecular weight excluding hydrogens is 331 g/mol. The molecule has 0 aromatic heterocycles. The zero-order chi connectivity index (χ0) is 13.0. The maximum atomic E-state index is 11.4. The molecule has 4 nitrogen and oxygen atoms in total. The van der Waals surface area contributed by atoms with Gasteiger partial charge in [0.05, 0.1) is 5.02 Å². The highest BCUT2D eigenvalue weighted by Gasteiger charge is 2.13. The molecule has 0 aliphatic rings. The van der Waals surface area contributed by atoms with Crippen LogP contribution in [-0.2, 0) is 4.79 Å². The van der Waals surface area contributed by atoms with Crippen LogP contribution in [0, 0.1) is 0 Å². The molecule has 0 aliphatic heterocycles. The SMILES string of the molecule is CC(Cl)C(=O)NC(=O)Nc1ccc(Br)c(Cl)c1. The molecular formula is C10H9BrCl2N2O2. The van der Waals surface area contributed by atoms with Crippen molar-refractivity contribution in [2.24, 2.45) is 0 Å². The maximum Gasteiger partial charge on any atom is 0.325 e. The van der Waals surface area contributed by atoms with E-state index in [0.29, 0.717) is 10.7 Å². The molecule has 1 rings (SSSR count). The van der Waals surface area contributed by atoms with Crippen molar-refractivity contribution in [1.82, 2.24) is 5.32 Å². The first kappa shape index (κ1) is 14.3. The molecule has 1 atom stereocenters. The summed E-state index contributed by atoms with van der Waals surface area (Å²) in [5.41, 5.74) is 0.478. The van der Waals surface area contributed by atoms with Crippen LogP contribution >= 0.6 is 39.1 Å². The summed E-state index contributed by atoms with van der Waals surface area (Å²) < 4.78 is 0.718. The van der Waals surface area contributed by atoms with Gasteiger partial charge in [0.15, 0.2) is 0 Å². The summed E-state index contributed by atoms with van der Waals surface area (Å²) >= 11 is 14.6. The minimum atomic E-state index is -0.769. The number of urea groups is 1. The van der Waals surface area contributed by atoms with Crippen LogP contribution in [-0.4, -0.2) is 17.3 Å². The zero-order valence-corrected chi connectivity index (χ0v) is 11.9. The largest absolute Gasteiger partial charge is 0.325 e. The van der Waals surface area contributed by atoms with Gasteiger partial charge in [-0.25, -0.2) is 4.79 Å². The Kier molecular flexibility index (Phi) is 5.24. The average Bonchev–Trinajstić information content (AvgIpc) is 2.23. The molecule has 0 saturated heterocycles. The Bertz CT molecular complexity index is 452. The van der Waals surface area contributed by atoms with Crippen LogP contribution in [0.2, 0.25) is 5.02 Å². The number of benzene rings is 1. The van der Waals surface area contributed by atoms with Gasteiger partial charge in [0.25, 0.3) is 0 Å². The van der Waals surface area contributed by atoms with Crippen molar-refractivity contribution in [1.29, 1.82) is 0 Å². The van der Waals surface area contributed by atoms with Crippen molar-refractivity contribution in [2.45, 2.75) is 12.3 Å². The predicted molar refractivity (Wildman–Crippen MR) is 71.6 cm³/mol. The van der Waals surface area contributed by atoms with Gasteiger partial charge < -0.3 is 5.32 Å². The van der Waals surface area contributed by atoms with E-state index in [0.717, 1.165) is 4.47 Å². The highest BCUT2D eigenvalue weighted by atomic mass is 79.9. The molecule has 7 heteroatoms. The van der Waals surface area contributed by atoms with E-state index in [-0.39, 0.29) is 0 Å². The molecule has 0 heterocycles. The predicted octanol–water partition coefficient (Wildman–Crippen LogP) is 3.38. The number of amides is 3. The number of alkyl halides is 1. The van der Waals surface area contributed by atoms with Crippen molar-refractivity contribution >= 4 is 56.8 Å². The lowest BCUT2D eigenvalue weighted by Crippen LogP contribution is -2.38. The van der Waals surface area contributed by atoms with Gasteiger partial charge >= 0.3 is 6.03 Å². The molecule has 0 aliphatic carbocycles. The van der Waals surface area contributed by atoms with Crippen molar-refractivity contribution < 1.29 is 9.59 Å². The first-order valence-corrected chi connectivity index (χ1v) is 6.22. The van der Waals surface area contributed by atoms with Crippen molar-refractivity contribution in [2.75, 3.05) is 5.32 Å². The fourth-order valence-corrected chi connectivity index (χ4v) is 1.43. The molecule has 0 bridgehead atoms. The highest BCUT2D eigenvalue weighted by molar-refractivity contribution is 9.10. The van der Waals surface area contributed by atoms with Crippen LogP contribution < -0.4 is 10.6 Å². The van der Waals surface area contributed by atoms with Crippen molar-refractivity contribution in [3.8, 4) is 0 Å². The zero-order valence-electron chi connectivity index (χ0n) is 8.76. The van der Waals surface area contributed by atoms with Gasteiger partial charge in [-0.05, 0) is 41.1 Å². The minimum Gasteiger partial charge on any atom is -0.308 e. The Hall–Kier alpha value is -0.780. The maximum absolute atomic E-state index is 11.4. The number of halogens is 3. The molecule has 2 N–H and O–H groups in total. The molecule has 1 aromatic carbocycles. The van der Waals surface area contributed by atoms with E-state index in [1.165, 1.54) is 6.92 Å². The molecule has 17 heavy (non-hydrogen) atoms. The van der Waals surface area contributed by atoms with E-state index in [9.17, 15) is 9.59 Å². The third kappa shape index (κ3) is 4.53. The molecule has 1 aromatic rings. The summed E-state index contributed by atoms with van der Waals surface area (Å²) in [5.74, 6) is -0.563. The summed E-state index contributed by atoms with van der Waals surface area (Å²) in [6.45, 7) is 1.47. The number of hydrogen-bond donors (Lipinski definition) is 2. The van der Waals surface area contributed by atoms with E-state index in [1.54, 1.807) is 18.2 Å². The molecule has 0 spiro atoms. The third-order valence-corrected chi connectivity index (χ3v) is 3.21. The van der Waals surface area contributed by atoms with Crippen LogP contribution in [0.3, 0.4) is 0 Å². The van der Waals surface area contributed by atoms with Gasteiger partial charge in [-0.1, -0.05) is 11.6 Å². The van der Waals surface area contributed by atoms with Gasteiger partial charge in [0.2, 0.25) is 5.91 Å². The van der Waals surface area contributed by atoms with E-state index in [4.69, 9.17) is 23.2 Å². The third-order valence-electron chi connectivity index (χ3n) is 1.78. The number of rotatable bonds is 2. The van der Waals surface area contributed by atoms with Gasteiger partial charge in [-0.2, -0.15) is 0 Å². The van der Waals surface area contributed by atoms with Crippen LogP contribution in [0.1, 0.15) is 6.92 Å². The minimum absolute atomic E-state index is 0.458. The van der Waals surface area contributed by atoms with E-state index >= 15 is 0 Å². The first-order chi connectivity index (χ1) is 7.90. The molecule has 1 unspecified atom stereocenters. The van der Waals surface area contributed by atoms with Crippen LogP contribution in [0.4, 0.5) is 10.5 Å². The van der Waals surface area contributed by atoms with Crippen LogP contribution in [0.5, 0.6) is 0 Å². The summed E-state index contributed by atoms with van der Waals surface area (Å²) in [4.78, 5) is 22.5. The van der Waals surface area contributed by atoms with E-state index in [2.05, 4.69) is 26.6 Å². The topological polar surface area (TPSA) is 58.2 Å². The standard InChI is InChI=1S/C10H9BrCl2N2O2/c1-5(12)9(16)15-10(17)14-6-2-3-7(11)8(13)4-6/h2-5H,1H3,(H2,14,15,16,17). The Balaban J connectivity index is 2.62. The summed E-state index contributed by atoms with van der Waals surface area (Å²) in [6, 6.07) is 4.23. The normalized spacial score (nSPS) is 11.8.